The molecule has 2 aromatic carbocycles. The zero-order valence-electron chi connectivity index (χ0n) is 22.1. The number of amides is 2. The molecule has 0 bridgehead atoms. The maximum absolute atomic E-state index is 13.1. The third-order valence-corrected chi connectivity index (χ3v) is 6.44. The van der Waals surface area contributed by atoms with E-state index in [0.717, 1.165) is 32.1 Å². The Kier molecular flexibility index (Phi) is 8.25. The fourth-order valence-electron chi connectivity index (χ4n) is 4.40. The summed E-state index contributed by atoms with van der Waals surface area (Å²) in [5.74, 6) is -2.87. The van der Waals surface area contributed by atoms with Crippen molar-refractivity contribution in [2.45, 2.75) is 57.7 Å². The number of ether oxygens (including phenoxy) is 2. The highest BCUT2D eigenvalue weighted by molar-refractivity contribution is 5.90. The number of carbonyl (C=O) groups is 4. The second-order valence-electron chi connectivity index (χ2n) is 10.2. The fraction of sp³-hybridized carbons (Fsp3) is 0.429. The summed E-state index contributed by atoms with van der Waals surface area (Å²) in [4.78, 5) is 52.0. The lowest BCUT2D eigenvalue weighted by molar-refractivity contribution is -0.162. The van der Waals surface area contributed by atoms with E-state index in [0.29, 0.717) is 0 Å². The Labute approximate surface area is 217 Å². The number of carboxylic acids is 1. The molecule has 0 saturated heterocycles. The summed E-state index contributed by atoms with van der Waals surface area (Å²) in [5, 5.41) is 9.63. The Morgan fingerprint density at radius 1 is 0.919 bits per heavy atom. The number of fused-ring (bicyclic) bond motifs is 3. The number of aliphatic carboxylic acids is 1. The molecule has 198 valence electrons. The SMILES string of the molecule is C[C@@H](C(=O)N(C)[C@@H](CC(=O)OC(C)(C)C)C(=O)O)N(C)C(=O)OCC1c2ccccc2-c2ccccc21. The molecule has 0 aliphatic heterocycles. The Morgan fingerprint density at radius 3 is 1.92 bits per heavy atom. The van der Waals surface area contributed by atoms with Gasteiger partial charge in [0, 0.05) is 20.0 Å². The van der Waals surface area contributed by atoms with Gasteiger partial charge in [-0.15, -0.1) is 0 Å². The molecule has 0 radical (unpaired) electrons. The summed E-state index contributed by atoms with van der Waals surface area (Å²) in [6, 6.07) is 13.4. The second-order valence-corrected chi connectivity index (χ2v) is 10.2. The van der Waals surface area contributed by atoms with E-state index in [1.54, 1.807) is 20.8 Å². The number of likely N-dealkylation sites (N-methyl/N-ethyl adjacent to an activating group) is 2. The van der Waals surface area contributed by atoms with Gasteiger partial charge in [0.1, 0.15) is 24.3 Å². The first kappa shape index (κ1) is 27.7. The van der Waals surface area contributed by atoms with E-state index in [-0.39, 0.29) is 12.5 Å². The van der Waals surface area contributed by atoms with Gasteiger partial charge in [-0.1, -0.05) is 48.5 Å². The fourth-order valence-corrected chi connectivity index (χ4v) is 4.40. The molecule has 9 heteroatoms. The van der Waals surface area contributed by atoms with Crippen LogP contribution in [0.2, 0.25) is 0 Å². The average Bonchev–Trinajstić information content (AvgIpc) is 3.16. The third-order valence-electron chi connectivity index (χ3n) is 6.44. The molecule has 1 aliphatic rings. The van der Waals surface area contributed by atoms with E-state index in [1.165, 1.54) is 21.0 Å². The number of esters is 1. The number of hydrogen-bond donors (Lipinski definition) is 1. The van der Waals surface area contributed by atoms with Crippen molar-refractivity contribution in [3.63, 3.8) is 0 Å². The first-order valence-electron chi connectivity index (χ1n) is 12.1. The first-order chi connectivity index (χ1) is 17.3. The lowest BCUT2D eigenvalue weighted by Gasteiger charge is -2.31. The smallest absolute Gasteiger partial charge is 0.410 e. The van der Waals surface area contributed by atoms with Gasteiger partial charge < -0.3 is 19.5 Å². The highest BCUT2D eigenvalue weighted by atomic mass is 16.6. The minimum Gasteiger partial charge on any atom is -0.480 e. The monoisotopic (exact) mass is 510 g/mol. The van der Waals surface area contributed by atoms with Crippen LogP contribution in [0.1, 0.15) is 51.2 Å². The molecular formula is C28H34N2O7. The quantitative estimate of drug-likeness (QED) is 0.536. The van der Waals surface area contributed by atoms with Gasteiger partial charge in [0.25, 0.3) is 0 Å². The molecule has 0 heterocycles. The zero-order valence-corrected chi connectivity index (χ0v) is 22.1. The highest BCUT2D eigenvalue weighted by Gasteiger charge is 2.36. The van der Waals surface area contributed by atoms with Crippen molar-refractivity contribution in [1.82, 2.24) is 9.80 Å². The van der Waals surface area contributed by atoms with Crippen molar-refractivity contribution in [3.8, 4) is 11.1 Å². The van der Waals surface area contributed by atoms with Gasteiger partial charge in [-0.3, -0.25) is 14.5 Å². The van der Waals surface area contributed by atoms with Crippen LogP contribution in [0.3, 0.4) is 0 Å². The van der Waals surface area contributed by atoms with Crippen LogP contribution in [-0.4, -0.2) is 77.2 Å². The van der Waals surface area contributed by atoms with Crippen LogP contribution in [0.15, 0.2) is 48.5 Å². The highest BCUT2D eigenvalue weighted by Crippen LogP contribution is 2.44. The van der Waals surface area contributed by atoms with E-state index >= 15 is 0 Å². The van der Waals surface area contributed by atoms with Crippen molar-refractivity contribution in [1.29, 1.82) is 0 Å². The van der Waals surface area contributed by atoms with Gasteiger partial charge >= 0.3 is 18.0 Å². The van der Waals surface area contributed by atoms with Crippen LogP contribution < -0.4 is 0 Å². The van der Waals surface area contributed by atoms with E-state index in [1.807, 2.05) is 48.5 Å². The standard InChI is InChI=1S/C28H34N2O7/c1-17(25(32)30(6)23(26(33)34)15-24(31)37-28(2,3)4)29(5)27(35)36-16-22-20-13-9-7-11-18(20)19-12-8-10-14-21(19)22/h7-14,17,22-23H,15-16H2,1-6H3,(H,33,34)/t17-,23-/m0/s1. The molecule has 0 unspecified atom stereocenters. The van der Waals surface area contributed by atoms with Gasteiger partial charge in [-0.25, -0.2) is 9.59 Å². The molecule has 0 saturated carbocycles. The van der Waals surface area contributed by atoms with Crippen LogP contribution in [0.5, 0.6) is 0 Å². The Morgan fingerprint density at radius 2 is 1.43 bits per heavy atom. The topological polar surface area (TPSA) is 113 Å². The number of rotatable bonds is 8. The Bertz CT molecular complexity index is 1140. The minimum atomic E-state index is -1.44. The first-order valence-corrected chi connectivity index (χ1v) is 12.1. The molecule has 9 nitrogen and oxygen atoms in total. The van der Waals surface area contributed by atoms with E-state index in [2.05, 4.69) is 0 Å². The number of hydrogen-bond acceptors (Lipinski definition) is 6. The molecule has 37 heavy (non-hydrogen) atoms. The van der Waals surface area contributed by atoms with Gasteiger partial charge in [0.05, 0.1) is 6.42 Å². The molecule has 3 rings (SSSR count). The molecule has 2 amide bonds. The Hall–Kier alpha value is -3.88. The van der Waals surface area contributed by atoms with Gasteiger partial charge in [0.2, 0.25) is 5.91 Å². The van der Waals surface area contributed by atoms with Crippen LogP contribution in [-0.2, 0) is 23.9 Å². The van der Waals surface area contributed by atoms with E-state index in [9.17, 15) is 24.3 Å². The summed E-state index contributed by atoms with van der Waals surface area (Å²) in [6.45, 7) is 6.57. The van der Waals surface area contributed by atoms with Crippen molar-refractivity contribution < 1.29 is 33.8 Å². The van der Waals surface area contributed by atoms with Crippen molar-refractivity contribution >= 4 is 23.9 Å². The maximum Gasteiger partial charge on any atom is 0.410 e. The predicted octanol–water partition coefficient (Wildman–Crippen LogP) is 3.90. The minimum absolute atomic E-state index is 0.0876. The summed E-state index contributed by atoms with van der Waals surface area (Å²) in [5.41, 5.74) is 3.54. The molecule has 0 fully saturated rings. The molecule has 1 aliphatic carbocycles. The van der Waals surface area contributed by atoms with Crippen LogP contribution in [0.4, 0.5) is 4.79 Å². The Balaban J connectivity index is 1.65. The van der Waals surface area contributed by atoms with Crippen molar-refractivity contribution in [2.24, 2.45) is 0 Å². The summed E-state index contributed by atoms with van der Waals surface area (Å²) >= 11 is 0. The second kappa shape index (κ2) is 11.0. The molecule has 2 aromatic rings. The van der Waals surface area contributed by atoms with Gasteiger partial charge in [-0.05, 0) is 49.9 Å². The average molecular weight is 511 g/mol. The van der Waals surface area contributed by atoms with Crippen LogP contribution >= 0.6 is 0 Å². The lowest BCUT2D eigenvalue weighted by atomic mass is 9.98. The third kappa shape index (κ3) is 6.28. The zero-order chi connectivity index (χ0) is 27.5. The number of carboxylic acid groups (broad SMARTS) is 1. The number of nitrogens with zero attached hydrogens (tertiary/aromatic N) is 2. The van der Waals surface area contributed by atoms with E-state index < -0.39 is 48.0 Å². The van der Waals surface area contributed by atoms with Gasteiger partial charge in [0.15, 0.2) is 0 Å². The van der Waals surface area contributed by atoms with Crippen molar-refractivity contribution in [3.05, 3.63) is 59.7 Å². The normalized spacial score (nSPS) is 14.1. The number of benzene rings is 2. The largest absolute Gasteiger partial charge is 0.480 e. The summed E-state index contributed by atoms with van der Waals surface area (Å²) in [6.07, 6.45) is -1.23. The molecule has 0 aromatic heterocycles. The van der Waals surface area contributed by atoms with Crippen LogP contribution in [0.25, 0.3) is 11.1 Å². The van der Waals surface area contributed by atoms with Gasteiger partial charge in [-0.2, -0.15) is 0 Å². The number of carbonyl (C=O) groups excluding carboxylic acids is 3. The molecule has 1 N–H and O–H groups in total. The summed E-state index contributed by atoms with van der Waals surface area (Å²) in [7, 11) is 2.70. The van der Waals surface area contributed by atoms with E-state index in [4.69, 9.17) is 9.47 Å². The lowest BCUT2D eigenvalue weighted by Crippen LogP contribution is -2.52. The molecular weight excluding hydrogens is 476 g/mol. The molecule has 0 spiro atoms. The van der Waals surface area contributed by atoms with Crippen molar-refractivity contribution in [2.75, 3.05) is 20.7 Å². The summed E-state index contributed by atoms with van der Waals surface area (Å²) < 4.78 is 10.8. The van der Waals surface area contributed by atoms with Crippen LogP contribution in [0, 0.1) is 0 Å². The maximum atomic E-state index is 13.1. The molecule has 2 atom stereocenters. The predicted molar refractivity (Wildman–Crippen MR) is 137 cm³/mol.